The number of ether oxygens (including phenoxy) is 1. The van der Waals surface area contributed by atoms with Crippen LogP contribution in [0.25, 0.3) is 10.9 Å². The van der Waals surface area contributed by atoms with E-state index in [0.29, 0.717) is 42.4 Å². The molecule has 180 valence electrons. The summed E-state index contributed by atoms with van der Waals surface area (Å²) < 4.78 is 46.9. The molecule has 0 aliphatic carbocycles. The Morgan fingerprint density at radius 1 is 1.12 bits per heavy atom. The Morgan fingerprint density at radius 3 is 2.50 bits per heavy atom. The van der Waals surface area contributed by atoms with Crippen molar-refractivity contribution >= 4 is 28.2 Å². The van der Waals surface area contributed by atoms with E-state index in [-0.39, 0.29) is 5.56 Å². The minimum atomic E-state index is -2.89. The maximum absolute atomic E-state index is 14.8. The molecule has 2 bridgehead atoms. The molecule has 5 rings (SSSR count). The third kappa shape index (κ3) is 3.89. The van der Waals surface area contributed by atoms with E-state index in [2.05, 4.69) is 20.4 Å². The van der Waals surface area contributed by atoms with Gasteiger partial charge in [0.05, 0.1) is 54.2 Å². The fraction of sp³-hybridized carbons (Fsp3) is 0.458. The van der Waals surface area contributed by atoms with Gasteiger partial charge in [-0.05, 0) is 25.8 Å². The van der Waals surface area contributed by atoms with Gasteiger partial charge in [-0.25, -0.2) is 18.2 Å². The SMILES string of the molecule is C[C@@H](Nc1nnc(N(C)C)c2ncc(N3C4CCC3COC4)cc12)c1cccc(C(F)F)c1F. The van der Waals surface area contributed by atoms with Crippen LogP contribution in [0.2, 0.25) is 0 Å². The largest absolute Gasteiger partial charge is 0.377 e. The minimum absolute atomic E-state index is 0.139. The number of halogens is 3. The topological polar surface area (TPSA) is 66.4 Å². The lowest BCUT2D eigenvalue weighted by molar-refractivity contribution is 0.0906. The molecule has 34 heavy (non-hydrogen) atoms. The van der Waals surface area contributed by atoms with Gasteiger partial charge < -0.3 is 19.9 Å². The van der Waals surface area contributed by atoms with Gasteiger partial charge in [-0.1, -0.05) is 18.2 Å². The van der Waals surface area contributed by atoms with Crippen molar-refractivity contribution < 1.29 is 17.9 Å². The molecule has 2 aliphatic rings. The number of alkyl halides is 2. The second kappa shape index (κ2) is 8.90. The molecule has 1 aromatic carbocycles. The van der Waals surface area contributed by atoms with Crippen molar-refractivity contribution in [2.24, 2.45) is 0 Å². The van der Waals surface area contributed by atoms with Gasteiger partial charge in [0.2, 0.25) is 0 Å². The van der Waals surface area contributed by atoms with E-state index < -0.39 is 23.8 Å². The van der Waals surface area contributed by atoms with Gasteiger partial charge >= 0.3 is 0 Å². The van der Waals surface area contributed by atoms with Gasteiger partial charge in [-0.2, -0.15) is 0 Å². The Hall–Kier alpha value is -3.14. The van der Waals surface area contributed by atoms with Crippen LogP contribution in [-0.4, -0.2) is 54.6 Å². The van der Waals surface area contributed by atoms with Crippen LogP contribution in [0.1, 0.15) is 43.4 Å². The summed E-state index contributed by atoms with van der Waals surface area (Å²) in [6.45, 7) is 3.09. The number of morpholine rings is 1. The van der Waals surface area contributed by atoms with Crippen molar-refractivity contribution in [3.8, 4) is 0 Å². The molecule has 0 spiro atoms. The van der Waals surface area contributed by atoms with Crippen molar-refractivity contribution in [2.45, 2.75) is 44.3 Å². The maximum Gasteiger partial charge on any atom is 0.266 e. The van der Waals surface area contributed by atoms with Crippen molar-refractivity contribution in [3.63, 3.8) is 0 Å². The molecule has 10 heteroatoms. The molecule has 2 aromatic heterocycles. The number of pyridine rings is 1. The molecule has 2 saturated heterocycles. The monoisotopic (exact) mass is 472 g/mol. The standard InChI is InChI=1S/C24H27F3N6O/c1-13(17-5-4-6-18(20(17)25)22(26)27)29-23-19-9-16(33-14-7-8-15(33)12-34-11-14)10-28-21(19)24(31-30-23)32(2)3/h4-6,9-10,13-15,22H,7-8,11-12H2,1-3H3,(H,29,30)/t13-,14?,15?/m1/s1. The molecule has 3 atom stereocenters. The maximum atomic E-state index is 14.8. The van der Waals surface area contributed by atoms with Crippen molar-refractivity contribution in [1.29, 1.82) is 0 Å². The molecule has 0 amide bonds. The third-order valence-corrected chi connectivity index (χ3v) is 6.66. The first-order chi connectivity index (χ1) is 16.3. The number of rotatable bonds is 6. The van der Waals surface area contributed by atoms with Crippen molar-refractivity contribution in [1.82, 2.24) is 15.2 Å². The van der Waals surface area contributed by atoms with Gasteiger partial charge in [0.15, 0.2) is 11.6 Å². The highest BCUT2D eigenvalue weighted by molar-refractivity contribution is 5.97. The van der Waals surface area contributed by atoms with E-state index in [1.54, 1.807) is 6.92 Å². The molecule has 2 fully saturated rings. The fourth-order valence-corrected chi connectivity index (χ4v) is 4.96. The zero-order valence-corrected chi connectivity index (χ0v) is 19.3. The van der Waals surface area contributed by atoms with Crippen LogP contribution in [-0.2, 0) is 4.74 Å². The van der Waals surface area contributed by atoms with Crippen molar-refractivity contribution in [2.75, 3.05) is 42.4 Å². The average molecular weight is 473 g/mol. The highest BCUT2D eigenvalue weighted by Gasteiger charge is 2.37. The number of benzene rings is 1. The van der Waals surface area contributed by atoms with E-state index in [9.17, 15) is 13.2 Å². The molecule has 4 heterocycles. The normalized spacial score (nSPS) is 20.7. The summed E-state index contributed by atoms with van der Waals surface area (Å²) in [5.74, 6) is 0.115. The van der Waals surface area contributed by atoms with Crippen LogP contribution in [0.3, 0.4) is 0 Å². The first-order valence-electron chi connectivity index (χ1n) is 11.4. The third-order valence-electron chi connectivity index (χ3n) is 6.66. The van der Waals surface area contributed by atoms with Gasteiger partial charge in [0.1, 0.15) is 11.3 Å². The van der Waals surface area contributed by atoms with E-state index in [1.165, 1.54) is 12.1 Å². The number of nitrogens with one attached hydrogen (secondary N) is 1. The van der Waals surface area contributed by atoms with E-state index in [1.807, 2.05) is 31.3 Å². The molecule has 0 radical (unpaired) electrons. The summed E-state index contributed by atoms with van der Waals surface area (Å²) in [5, 5.41) is 12.6. The summed E-state index contributed by atoms with van der Waals surface area (Å²) >= 11 is 0. The van der Waals surface area contributed by atoms with Gasteiger partial charge in [-0.3, -0.25) is 0 Å². The highest BCUT2D eigenvalue weighted by atomic mass is 19.3. The molecule has 0 saturated carbocycles. The summed E-state index contributed by atoms with van der Waals surface area (Å²) in [6, 6.07) is 6.06. The summed E-state index contributed by atoms with van der Waals surface area (Å²) in [7, 11) is 3.73. The minimum Gasteiger partial charge on any atom is -0.377 e. The first-order valence-corrected chi connectivity index (χ1v) is 11.4. The summed E-state index contributed by atoms with van der Waals surface area (Å²) in [5.41, 5.74) is 1.15. The van der Waals surface area contributed by atoms with Crippen LogP contribution >= 0.6 is 0 Å². The summed E-state index contributed by atoms with van der Waals surface area (Å²) in [6.07, 6.45) is 1.11. The van der Waals surface area contributed by atoms with Crippen LogP contribution < -0.4 is 15.1 Å². The lowest BCUT2D eigenvalue weighted by Gasteiger charge is -2.36. The quantitative estimate of drug-likeness (QED) is 0.557. The Balaban J connectivity index is 1.55. The lowest BCUT2D eigenvalue weighted by Crippen LogP contribution is -2.46. The average Bonchev–Trinajstić information content (AvgIpc) is 3.06. The first kappa shape index (κ1) is 22.6. The molecule has 3 aromatic rings. The molecule has 2 aliphatic heterocycles. The molecule has 2 unspecified atom stereocenters. The van der Waals surface area contributed by atoms with Gasteiger partial charge in [-0.15, -0.1) is 10.2 Å². The number of anilines is 3. The van der Waals surface area contributed by atoms with Gasteiger partial charge in [0.25, 0.3) is 6.43 Å². The highest BCUT2D eigenvalue weighted by Crippen LogP contribution is 2.37. The Bertz CT molecular complexity index is 1190. The Labute approximate surface area is 195 Å². The van der Waals surface area contributed by atoms with Crippen molar-refractivity contribution in [3.05, 3.63) is 47.4 Å². The number of hydrogen-bond donors (Lipinski definition) is 1. The second-order valence-electron chi connectivity index (χ2n) is 9.10. The molecular weight excluding hydrogens is 445 g/mol. The number of fused-ring (bicyclic) bond motifs is 3. The smallest absolute Gasteiger partial charge is 0.266 e. The van der Waals surface area contributed by atoms with Crippen LogP contribution in [0.5, 0.6) is 0 Å². The van der Waals surface area contributed by atoms with Crippen LogP contribution in [0.15, 0.2) is 30.5 Å². The second-order valence-corrected chi connectivity index (χ2v) is 9.10. The Morgan fingerprint density at radius 2 is 1.82 bits per heavy atom. The van der Waals surface area contributed by atoms with E-state index >= 15 is 0 Å². The number of nitrogens with zero attached hydrogens (tertiary/aromatic N) is 5. The lowest BCUT2D eigenvalue weighted by atomic mass is 10.0. The summed E-state index contributed by atoms with van der Waals surface area (Å²) in [4.78, 5) is 8.93. The number of aromatic nitrogens is 3. The predicted molar refractivity (Wildman–Crippen MR) is 125 cm³/mol. The predicted octanol–water partition coefficient (Wildman–Crippen LogP) is 4.71. The zero-order chi connectivity index (χ0) is 24.0. The number of hydrogen-bond acceptors (Lipinski definition) is 7. The Kier molecular flexibility index (Phi) is 5.93. The van der Waals surface area contributed by atoms with Crippen LogP contribution in [0.4, 0.5) is 30.5 Å². The molecule has 1 N–H and O–H groups in total. The molecule has 7 nitrogen and oxygen atoms in total. The van der Waals surface area contributed by atoms with Crippen LogP contribution in [0, 0.1) is 5.82 Å². The van der Waals surface area contributed by atoms with Gasteiger partial charge in [0, 0.05) is 19.7 Å². The fourth-order valence-electron chi connectivity index (χ4n) is 4.96. The molecular formula is C24H27F3N6O. The van der Waals surface area contributed by atoms with E-state index in [4.69, 9.17) is 9.72 Å². The van der Waals surface area contributed by atoms with E-state index in [0.717, 1.165) is 30.0 Å². The zero-order valence-electron chi connectivity index (χ0n) is 19.3.